The second-order valence-electron chi connectivity index (χ2n) is 8.59. The first-order chi connectivity index (χ1) is 17.9. The first-order valence-electron chi connectivity index (χ1n) is 12.0. The van der Waals surface area contributed by atoms with Crippen molar-refractivity contribution in [3.8, 4) is 27.4 Å². The highest BCUT2D eigenvalue weighted by Gasteiger charge is 2.31. The van der Waals surface area contributed by atoms with Gasteiger partial charge in [-0.2, -0.15) is 0 Å². The highest BCUT2D eigenvalue weighted by molar-refractivity contribution is 8.00. The zero-order chi connectivity index (χ0) is 25.7. The van der Waals surface area contributed by atoms with Crippen LogP contribution in [-0.2, 0) is 6.42 Å². The number of nitrogens with zero attached hydrogens (tertiary/aromatic N) is 2. The van der Waals surface area contributed by atoms with E-state index in [0.29, 0.717) is 10.7 Å². The zero-order valence-electron chi connectivity index (χ0n) is 19.8. The molecule has 0 amide bonds. The van der Waals surface area contributed by atoms with E-state index in [1.54, 1.807) is 12.1 Å². The Labute approximate surface area is 221 Å². The molecule has 1 aliphatic rings. The Morgan fingerprint density at radius 3 is 2.59 bits per heavy atom. The van der Waals surface area contributed by atoms with E-state index in [1.165, 1.54) is 41.0 Å². The lowest BCUT2D eigenvalue weighted by Crippen LogP contribution is -2.17. The number of anilines is 2. The maximum Gasteiger partial charge on any atom is 0.573 e. The predicted molar refractivity (Wildman–Crippen MR) is 144 cm³/mol. The Hall–Kier alpha value is -3.24. The SMILES string of the molecule is FC(F)(F)Oc1cccc(-c2sc3nc2-c2ccccc2CCCCCCNc2cccc(n2)SN3)c1. The normalized spacial score (nSPS) is 14.6. The van der Waals surface area contributed by atoms with Crippen molar-refractivity contribution in [1.29, 1.82) is 0 Å². The fourth-order valence-electron chi connectivity index (χ4n) is 4.22. The number of aromatic nitrogens is 2. The second-order valence-corrected chi connectivity index (χ2v) is 10.4. The zero-order valence-corrected chi connectivity index (χ0v) is 21.5. The van der Waals surface area contributed by atoms with Gasteiger partial charge in [0, 0.05) is 24.1 Å². The van der Waals surface area contributed by atoms with Crippen molar-refractivity contribution in [2.75, 3.05) is 16.6 Å². The molecule has 0 fully saturated rings. The van der Waals surface area contributed by atoms with Crippen molar-refractivity contribution in [3.63, 3.8) is 0 Å². The maximum atomic E-state index is 12.9. The largest absolute Gasteiger partial charge is 0.573 e. The summed E-state index contributed by atoms with van der Waals surface area (Å²) in [5, 5.41) is 4.81. The van der Waals surface area contributed by atoms with Crippen LogP contribution >= 0.6 is 23.3 Å². The lowest BCUT2D eigenvalue weighted by molar-refractivity contribution is -0.274. The van der Waals surface area contributed by atoms with Crippen LogP contribution < -0.4 is 14.8 Å². The van der Waals surface area contributed by atoms with Crippen LogP contribution in [0, 0.1) is 0 Å². The summed E-state index contributed by atoms with van der Waals surface area (Å²) in [4.78, 5) is 10.3. The van der Waals surface area contributed by atoms with E-state index < -0.39 is 6.36 Å². The Balaban J connectivity index is 1.55. The number of alkyl halides is 3. The van der Waals surface area contributed by atoms with Gasteiger partial charge in [-0.1, -0.05) is 66.6 Å². The number of halogens is 3. The first kappa shape index (κ1) is 25.4. The summed E-state index contributed by atoms with van der Waals surface area (Å²) in [6.07, 6.45) is 0.465. The van der Waals surface area contributed by atoms with Crippen LogP contribution in [0.25, 0.3) is 21.7 Å². The fourth-order valence-corrected chi connectivity index (χ4v) is 5.87. The summed E-state index contributed by atoms with van der Waals surface area (Å²) in [5.41, 5.74) is 3.51. The van der Waals surface area contributed by atoms with Crippen LogP contribution in [0.3, 0.4) is 0 Å². The summed E-state index contributed by atoms with van der Waals surface area (Å²) >= 11 is 2.73. The molecular formula is C27H25F3N4OS2. The van der Waals surface area contributed by atoms with Crippen LogP contribution in [0.4, 0.5) is 24.1 Å². The molecule has 3 heterocycles. The number of hydrogen-bond acceptors (Lipinski definition) is 7. The van der Waals surface area contributed by atoms with E-state index in [0.717, 1.165) is 65.6 Å². The van der Waals surface area contributed by atoms with Gasteiger partial charge in [-0.3, -0.25) is 0 Å². The molecule has 0 aliphatic carbocycles. The van der Waals surface area contributed by atoms with Crippen LogP contribution in [0.1, 0.15) is 31.2 Å². The third-order valence-corrected chi connectivity index (χ3v) is 7.76. The number of thiazole rings is 1. The molecule has 0 saturated heterocycles. The van der Waals surface area contributed by atoms with Gasteiger partial charge in [-0.15, -0.1) is 13.2 Å². The van der Waals surface area contributed by atoms with Crippen molar-refractivity contribution in [2.45, 2.75) is 43.5 Å². The van der Waals surface area contributed by atoms with Gasteiger partial charge in [0.25, 0.3) is 0 Å². The van der Waals surface area contributed by atoms with E-state index in [9.17, 15) is 13.2 Å². The number of rotatable bonds is 2. The Bertz CT molecular complexity index is 1360. The van der Waals surface area contributed by atoms with Gasteiger partial charge >= 0.3 is 6.36 Å². The average Bonchev–Trinajstić information content (AvgIpc) is 3.30. The number of nitrogens with one attached hydrogen (secondary N) is 2. The molecule has 37 heavy (non-hydrogen) atoms. The van der Waals surface area contributed by atoms with E-state index in [1.807, 2.05) is 36.4 Å². The van der Waals surface area contributed by atoms with Crippen molar-refractivity contribution in [3.05, 3.63) is 72.3 Å². The van der Waals surface area contributed by atoms with Gasteiger partial charge in [0.1, 0.15) is 16.6 Å². The molecule has 5 rings (SSSR count). The quantitative estimate of drug-likeness (QED) is 0.248. The minimum Gasteiger partial charge on any atom is -0.406 e. The highest BCUT2D eigenvalue weighted by atomic mass is 32.2. The van der Waals surface area contributed by atoms with Crippen LogP contribution in [0.2, 0.25) is 0 Å². The Morgan fingerprint density at radius 2 is 1.70 bits per heavy atom. The Morgan fingerprint density at radius 1 is 0.865 bits per heavy atom. The second kappa shape index (κ2) is 11.4. The minimum absolute atomic E-state index is 0.260. The maximum absolute atomic E-state index is 12.9. The summed E-state index contributed by atoms with van der Waals surface area (Å²) in [6.45, 7) is 0.876. The van der Waals surface area contributed by atoms with Gasteiger partial charge in [-0.05, 0) is 54.7 Å². The van der Waals surface area contributed by atoms with Crippen LogP contribution in [0.15, 0.2) is 71.8 Å². The predicted octanol–water partition coefficient (Wildman–Crippen LogP) is 8.42. The number of benzene rings is 2. The van der Waals surface area contributed by atoms with E-state index in [-0.39, 0.29) is 5.75 Å². The van der Waals surface area contributed by atoms with Gasteiger partial charge in [-0.25, -0.2) is 9.97 Å². The van der Waals surface area contributed by atoms with Gasteiger partial charge < -0.3 is 14.8 Å². The van der Waals surface area contributed by atoms with Crippen molar-refractivity contribution in [1.82, 2.24) is 9.97 Å². The molecule has 4 aromatic rings. The number of fused-ring (bicyclic) bond motifs is 6. The summed E-state index contributed by atoms with van der Waals surface area (Å²) in [5.74, 6) is 0.565. The number of pyridine rings is 1. The average molecular weight is 543 g/mol. The number of ether oxygens (including phenoxy) is 1. The van der Waals surface area contributed by atoms with E-state index in [4.69, 9.17) is 4.98 Å². The van der Waals surface area contributed by atoms with Crippen molar-refractivity contribution >= 4 is 34.2 Å². The third kappa shape index (κ3) is 6.75. The molecule has 0 radical (unpaired) electrons. The van der Waals surface area contributed by atoms with Gasteiger partial charge in [0.2, 0.25) is 0 Å². The number of hydrogen-bond donors (Lipinski definition) is 2. The number of aryl methyl sites for hydroxylation is 1. The van der Waals surface area contributed by atoms with Gasteiger partial charge in [0.05, 0.1) is 10.6 Å². The lowest BCUT2D eigenvalue weighted by Gasteiger charge is -2.12. The summed E-state index contributed by atoms with van der Waals surface area (Å²) in [6, 6.07) is 20.0. The molecule has 4 bridgehead atoms. The lowest BCUT2D eigenvalue weighted by atomic mass is 9.97. The molecule has 1 aliphatic heterocycles. The molecule has 192 valence electrons. The minimum atomic E-state index is -4.76. The smallest absolute Gasteiger partial charge is 0.406 e. The molecular weight excluding hydrogens is 517 g/mol. The fraction of sp³-hybridized carbons (Fsp3) is 0.259. The molecule has 5 nitrogen and oxygen atoms in total. The summed E-state index contributed by atoms with van der Waals surface area (Å²) in [7, 11) is 0. The highest BCUT2D eigenvalue weighted by Crippen LogP contribution is 2.42. The van der Waals surface area contributed by atoms with E-state index >= 15 is 0 Å². The van der Waals surface area contributed by atoms with Gasteiger partial charge in [0.15, 0.2) is 5.13 Å². The van der Waals surface area contributed by atoms with Crippen LogP contribution in [-0.4, -0.2) is 22.9 Å². The Kier molecular flexibility index (Phi) is 7.85. The monoisotopic (exact) mass is 542 g/mol. The van der Waals surface area contributed by atoms with Crippen LogP contribution in [0.5, 0.6) is 5.75 Å². The van der Waals surface area contributed by atoms with E-state index in [2.05, 4.69) is 25.8 Å². The molecule has 0 atom stereocenters. The molecule has 0 spiro atoms. The molecule has 10 heteroatoms. The van der Waals surface area contributed by atoms with Crippen molar-refractivity contribution in [2.24, 2.45) is 0 Å². The molecule has 2 aromatic carbocycles. The molecule has 2 N–H and O–H groups in total. The summed E-state index contributed by atoms with van der Waals surface area (Å²) < 4.78 is 46.1. The molecule has 2 aromatic heterocycles. The standard InChI is InChI=1S/C27H25F3N4OS2/c28-27(29,30)35-20-12-7-11-19(17-20)25-24-21-13-5-4-10-18(21)9-3-1-2-6-16-31-22-14-8-15-23(32-22)37-34-26(33-24)36-25/h4-5,7-8,10-15,17H,1-3,6,9,16H2,(H,31,32)(H,33,34). The molecule has 0 saturated carbocycles. The topological polar surface area (TPSA) is 59.1 Å². The third-order valence-electron chi connectivity index (χ3n) is 5.87. The first-order valence-corrected chi connectivity index (χ1v) is 13.7. The van der Waals surface area contributed by atoms with Crippen molar-refractivity contribution < 1.29 is 17.9 Å². The molecule has 0 unspecified atom stereocenters.